The highest BCUT2D eigenvalue weighted by Gasteiger charge is 2.19. The van der Waals surface area contributed by atoms with Crippen molar-refractivity contribution in [3.63, 3.8) is 0 Å². The highest BCUT2D eigenvalue weighted by atomic mass is 32.2. The fourth-order valence-corrected chi connectivity index (χ4v) is 4.73. The van der Waals surface area contributed by atoms with Gasteiger partial charge in [0.25, 0.3) is 25.8 Å². The minimum atomic E-state index is -4.78. The van der Waals surface area contributed by atoms with Gasteiger partial charge in [-0.25, -0.2) is 4.68 Å². The van der Waals surface area contributed by atoms with Crippen LogP contribution in [-0.2, 0) is 29.8 Å². The molecule has 3 rings (SSSR count). The van der Waals surface area contributed by atoms with Crippen LogP contribution in [0.1, 0.15) is 30.2 Å². The maximum atomic E-state index is 12.1. The highest BCUT2D eigenvalue weighted by molar-refractivity contribution is 7.86. The summed E-state index contributed by atoms with van der Waals surface area (Å²) in [6.07, 6.45) is 1.94. The van der Waals surface area contributed by atoms with E-state index in [1.165, 1.54) is 49.4 Å². The van der Waals surface area contributed by atoms with Crippen LogP contribution in [-0.4, -0.2) is 47.4 Å². The summed E-state index contributed by atoms with van der Waals surface area (Å²) in [5.74, 6) is -1.08. The first-order valence-electron chi connectivity index (χ1n) is 10.1. The third-order valence-electron chi connectivity index (χ3n) is 4.81. The summed E-state index contributed by atoms with van der Waals surface area (Å²) in [4.78, 5) is 33.8. The van der Waals surface area contributed by atoms with Crippen molar-refractivity contribution >= 4 is 49.8 Å². The largest absolute Gasteiger partial charge is 0.326 e. The van der Waals surface area contributed by atoms with E-state index >= 15 is 0 Å². The fraction of sp³-hybridized carbons (Fsp3) is 0.136. The standard InChI is InChI=1S/C22H21N3O9S2/c1-13-9-22(28)25(24-13)18-8-6-16(20(12-18)36(32,33)34)4-3-15-5-7-17(11-19(15)35(29,30)31)23-21(27)10-14(2)26/h3-9,11-12,24H,10H2,1-2H3,(H,23,27)(H,29,30,31)(H,32,33,34)/b4-3+. The zero-order valence-electron chi connectivity index (χ0n) is 18.9. The number of H-pyrrole nitrogens is 1. The molecule has 0 aliphatic carbocycles. The van der Waals surface area contributed by atoms with Crippen molar-refractivity contribution in [3.8, 4) is 5.69 Å². The van der Waals surface area contributed by atoms with Crippen LogP contribution < -0.4 is 10.9 Å². The molecule has 0 radical (unpaired) electrons. The van der Waals surface area contributed by atoms with Crippen molar-refractivity contribution in [1.29, 1.82) is 0 Å². The van der Waals surface area contributed by atoms with Gasteiger partial charge in [0.2, 0.25) is 5.91 Å². The van der Waals surface area contributed by atoms with Crippen LogP contribution >= 0.6 is 0 Å². The molecule has 0 saturated carbocycles. The number of nitrogens with zero attached hydrogens (tertiary/aromatic N) is 1. The number of hydrogen-bond acceptors (Lipinski definition) is 7. The van der Waals surface area contributed by atoms with Crippen molar-refractivity contribution in [1.82, 2.24) is 9.78 Å². The molecule has 190 valence electrons. The van der Waals surface area contributed by atoms with Gasteiger partial charge in [0.05, 0.1) is 12.1 Å². The predicted molar refractivity (Wildman–Crippen MR) is 130 cm³/mol. The van der Waals surface area contributed by atoms with Crippen LogP contribution in [0.15, 0.2) is 57.1 Å². The van der Waals surface area contributed by atoms with Crippen molar-refractivity contribution in [2.45, 2.75) is 30.1 Å². The minimum Gasteiger partial charge on any atom is -0.326 e. The average molecular weight is 536 g/mol. The number of nitrogens with one attached hydrogen (secondary N) is 2. The highest BCUT2D eigenvalue weighted by Crippen LogP contribution is 2.26. The molecule has 0 fully saturated rings. The normalized spacial score (nSPS) is 12.1. The second kappa shape index (κ2) is 10.0. The molecule has 14 heteroatoms. The number of aryl methyl sites for hydroxylation is 1. The van der Waals surface area contributed by atoms with Gasteiger partial charge in [0.15, 0.2) is 0 Å². The SMILES string of the molecule is CC(=O)CC(=O)Nc1ccc(/C=C/c2ccc(-n3[nH]c(C)cc3=O)cc2S(=O)(=O)O)c(S(=O)(=O)O)c1. The zero-order valence-corrected chi connectivity index (χ0v) is 20.6. The molecule has 0 spiro atoms. The van der Waals surface area contributed by atoms with Gasteiger partial charge in [0.1, 0.15) is 15.6 Å². The van der Waals surface area contributed by atoms with Gasteiger partial charge in [-0.15, -0.1) is 0 Å². The topological polar surface area (TPSA) is 193 Å². The first-order chi connectivity index (χ1) is 16.6. The molecule has 36 heavy (non-hydrogen) atoms. The first kappa shape index (κ1) is 26.7. The molecule has 1 heterocycles. The summed E-state index contributed by atoms with van der Waals surface area (Å²) < 4.78 is 68.3. The number of amides is 1. The second-order valence-electron chi connectivity index (χ2n) is 7.80. The average Bonchev–Trinajstić information content (AvgIpc) is 3.08. The number of anilines is 1. The molecule has 0 aliphatic heterocycles. The Labute approximate surface area is 205 Å². The molecule has 12 nitrogen and oxygen atoms in total. The van der Waals surface area contributed by atoms with Crippen molar-refractivity contribution < 1.29 is 35.5 Å². The lowest BCUT2D eigenvalue weighted by molar-refractivity contribution is -0.124. The second-order valence-corrected chi connectivity index (χ2v) is 10.6. The van der Waals surface area contributed by atoms with Gasteiger partial charge in [-0.2, -0.15) is 16.8 Å². The number of rotatable bonds is 8. The summed E-state index contributed by atoms with van der Waals surface area (Å²) in [6, 6.07) is 8.59. The van der Waals surface area contributed by atoms with E-state index in [-0.39, 0.29) is 22.5 Å². The number of Topliss-reactive ketones (excluding diaryl/α,β-unsaturated/α-hetero) is 1. The predicted octanol–water partition coefficient (Wildman–Crippen LogP) is 2.06. The van der Waals surface area contributed by atoms with Crippen LogP contribution in [0.2, 0.25) is 0 Å². The van der Waals surface area contributed by atoms with Gasteiger partial charge in [0, 0.05) is 17.4 Å². The summed E-state index contributed by atoms with van der Waals surface area (Å²) in [6.45, 7) is 2.84. The molecule has 2 aromatic carbocycles. The molecule has 0 unspecified atom stereocenters. The molecular formula is C22H21N3O9S2. The van der Waals surface area contributed by atoms with E-state index in [9.17, 15) is 40.3 Å². The molecule has 0 saturated heterocycles. The van der Waals surface area contributed by atoms with Gasteiger partial charge in [-0.05, 0) is 49.2 Å². The smallest absolute Gasteiger partial charge is 0.295 e. The maximum absolute atomic E-state index is 12.1. The maximum Gasteiger partial charge on any atom is 0.295 e. The molecule has 0 bridgehead atoms. The number of hydrogen-bond donors (Lipinski definition) is 4. The van der Waals surface area contributed by atoms with Gasteiger partial charge in [-0.3, -0.25) is 28.6 Å². The monoisotopic (exact) mass is 535 g/mol. The van der Waals surface area contributed by atoms with E-state index in [2.05, 4.69) is 10.4 Å². The van der Waals surface area contributed by atoms with Gasteiger partial charge < -0.3 is 5.32 Å². The first-order valence-corrected chi connectivity index (χ1v) is 13.0. The molecule has 0 atom stereocenters. The van der Waals surface area contributed by atoms with Crippen LogP contribution in [0.4, 0.5) is 5.69 Å². The van der Waals surface area contributed by atoms with E-state index < -0.39 is 53.7 Å². The van der Waals surface area contributed by atoms with Crippen molar-refractivity contribution in [2.75, 3.05) is 5.32 Å². The lowest BCUT2D eigenvalue weighted by Crippen LogP contribution is -2.15. The van der Waals surface area contributed by atoms with E-state index in [4.69, 9.17) is 0 Å². The van der Waals surface area contributed by atoms with E-state index in [1.54, 1.807) is 6.92 Å². The van der Waals surface area contributed by atoms with E-state index in [0.717, 1.165) is 16.8 Å². The van der Waals surface area contributed by atoms with Crippen molar-refractivity contribution in [3.05, 3.63) is 69.6 Å². The van der Waals surface area contributed by atoms with E-state index in [1.807, 2.05) is 0 Å². The minimum absolute atomic E-state index is 0.000635. The summed E-state index contributed by atoms with van der Waals surface area (Å²) in [7, 11) is -9.55. The molecule has 0 aliphatic rings. The van der Waals surface area contributed by atoms with Gasteiger partial charge in [-0.1, -0.05) is 24.3 Å². The molecule has 1 aromatic heterocycles. The summed E-state index contributed by atoms with van der Waals surface area (Å²) in [5.41, 5.74) is 0.0885. The fourth-order valence-electron chi connectivity index (χ4n) is 3.31. The number of carbonyl (C=O) groups is 2. The van der Waals surface area contributed by atoms with E-state index in [0.29, 0.717) is 5.69 Å². The number of benzene rings is 2. The zero-order chi connectivity index (χ0) is 26.8. The Morgan fingerprint density at radius 1 is 0.944 bits per heavy atom. The van der Waals surface area contributed by atoms with Gasteiger partial charge >= 0.3 is 0 Å². The Balaban J connectivity index is 2.05. The number of aromatic amines is 1. The number of carbonyl (C=O) groups excluding carboxylic acids is 2. The van der Waals surface area contributed by atoms with Crippen LogP contribution in [0, 0.1) is 6.92 Å². The van der Waals surface area contributed by atoms with Crippen LogP contribution in [0.3, 0.4) is 0 Å². The lowest BCUT2D eigenvalue weighted by atomic mass is 10.1. The molecule has 1 amide bonds. The Morgan fingerprint density at radius 2 is 1.50 bits per heavy atom. The van der Waals surface area contributed by atoms with Crippen LogP contribution in [0.25, 0.3) is 17.8 Å². The lowest BCUT2D eigenvalue weighted by Gasteiger charge is -2.10. The number of ketones is 1. The Bertz CT molecular complexity index is 1660. The Kier molecular flexibility index (Phi) is 7.45. The molecule has 4 N–H and O–H groups in total. The molecular weight excluding hydrogens is 514 g/mol. The Hall–Kier alpha value is -3.85. The van der Waals surface area contributed by atoms with Crippen molar-refractivity contribution in [2.24, 2.45) is 0 Å². The summed E-state index contributed by atoms with van der Waals surface area (Å²) >= 11 is 0. The third kappa shape index (κ3) is 6.42. The molecule has 3 aromatic rings. The quantitative estimate of drug-likeness (QED) is 0.190. The Morgan fingerprint density at radius 3 is 2.00 bits per heavy atom. The van der Waals surface area contributed by atoms with Crippen LogP contribution in [0.5, 0.6) is 0 Å². The third-order valence-corrected chi connectivity index (χ3v) is 6.63. The number of aromatic nitrogens is 2. The summed E-state index contributed by atoms with van der Waals surface area (Å²) in [5, 5.41) is 5.08.